The van der Waals surface area contributed by atoms with Gasteiger partial charge in [-0.1, -0.05) is 15.9 Å². The Kier molecular flexibility index (Phi) is 3.19. The van der Waals surface area contributed by atoms with E-state index >= 15 is 0 Å². The van der Waals surface area contributed by atoms with Gasteiger partial charge in [-0.2, -0.15) is 0 Å². The van der Waals surface area contributed by atoms with Gasteiger partial charge in [-0.15, -0.1) is 0 Å². The molecule has 4 heteroatoms. The maximum atomic E-state index is 5.35. The van der Waals surface area contributed by atoms with Crippen LogP contribution in [-0.4, -0.2) is 17.1 Å². The number of ether oxygens (including phenoxy) is 1. The van der Waals surface area contributed by atoms with Crippen LogP contribution in [0.3, 0.4) is 0 Å². The van der Waals surface area contributed by atoms with Crippen molar-refractivity contribution in [2.24, 2.45) is 0 Å². The summed E-state index contributed by atoms with van der Waals surface area (Å²) in [7, 11) is 1.66. The van der Waals surface area contributed by atoms with Crippen molar-refractivity contribution in [2.75, 3.05) is 7.11 Å². The molecule has 16 heavy (non-hydrogen) atoms. The zero-order valence-electron chi connectivity index (χ0n) is 9.07. The Labute approximate surface area is 103 Å². The topological polar surface area (TPSA) is 35.0 Å². The highest BCUT2D eigenvalue weighted by atomic mass is 79.9. The van der Waals surface area contributed by atoms with Gasteiger partial charge in [0.15, 0.2) is 0 Å². The molecular weight excluding hydrogens is 268 g/mol. The molecule has 0 saturated heterocycles. The van der Waals surface area contributed by atoms with Crippen LogP contribution in [0.4, 0.5) is 0 Å². The molecule has 1 aromatic heterocycles. The predicted octanol–water partition coefficient (Wildman–Crippen LogP) is 3.22. The lowest BCUT2D eigenvalue weighted by Gasteiger charge is -2.11. The number of benzene rings is 1. The minimum Gasteiger partial charge on any atom is -0.496 e. The van der Waals surface area contributed by atoms with E-state index in [2.05, 4.69) is 25.9 Å². The van der Waals surface area contributed by atoms with E-state index in [0.717, 1.165) is 27.0 Å². The third-order valence-corrected chi connectivity index (χ3v) is 3.26. The summed E-state index contributed by atoms with van der Waals surface area (Å²) in [4.78, 5) is 8.37. The molecule has 0 spiro atoms. The maximum absolute atomic E-state index is 5.35. The molecule has 0 aliphatic heterocycles. The van der Waals surface area contributed by atoms with Crippen molar-refractivity contribution < 1.29 is 4.74 Å². The zero-order valence-corrected chi connectivity index (χ0v) is 10.7. The first-order chi connectivity index (χ1) is 7.74. The summed E-state index contributed by atoms with van der Waals surface area (Å²) in [5.41, 5.74) is 2.89. The molecule has 0 amide bonds. The second kappa shape index (κ2) is 4.61. The van der Waals surface area contributed by atoms with Crippen LogP contribution in [0.2, 0.25) is 0 Å². The summed E-state index contributed by atoms with van der Waals surface area (Å²) in [6.45, 7) is 2.02. The number of halogens is 1. The molecule has 2 aromatic rings. The lowest BCUT2D eigenvalue weighted by Crippen LogP contribution is -1.94. The molecule has 1 heterocycles. The van der Waals surface area contributed by atoms with Crippen LogP contribution in [0.15, 0.2) is 35.2 Å². The van der Waals surface area contributed by atoms with Gasteiger partial charge in [-0.3, -0.25) is 9.97 Å². The summed E-state index contributed by atoms with van der Waals surface area (Å²) < 4.78 is 6.38. The van der Waals surface area contributed by atoms with E-state index in [0.29, 0.717) is 0 Å². The van der Waals surface area contributed by atoms with Gasteiger partial charge in [0.05, 0.1) is 19.0 Å². The first-order valence-electron chi connectivity index (χ1n) is 4.83. The highest BCUT2D eigenvalue weighted by Gasteiger charge is 2.12. The van der Waals surface area contributed by atoms with Crippen molar-refractivity contribution in [1.82, 2.24) is 9.97 Å². The highest BCUT2D eigenvalue weighted by molar-refractivity contribution is 9.10. The van der Waals surface area contributed by atoms with Crippen LogP contribution in [-0.2, 0) is 0 Å². The number of rotatable bonds is 2. The first-order valence-corrected chi connectivity index (χ1v) is 5.63. The number of hydrogen-bond donors (Lipinski definition) is 0. The third kappa shape index (κ3) is 1.93. The van der Waals surface area contributed by atoms with Crippen molar-refractivity contribution in [1.29, 1.82) is 0 Å². The van der Waals surface area contributed by atoms with Crippen molar-refractivity contribution >= 4 is 15.9 Å². The summed E-state index contributed by atoms with van der Waals surface area (Å²) in [6.07, 6.45) is 5.07. The monoisotopic (exact) mass is 278 g/mol. The van der Waals surface area contributed by atoms with E-state index in [4.69, 9.17) is 4.74 Å². The Bertz CT molecular complexity index is 500. The highest BCUT2D eigenvalue weighted by Crippen LogP contribution is 2.35. The standard InChI is InChI=1S/C12H11BrN2O/c1-8-9(13)3-4-11(16-2)12(8)10-7-14-5-6-15-10/h3-7H,1-2H3. The Morgan fingerprint density at radius 3 is 2.69 bits per heavy atom. The van der Waals surface area contributed by atoms with Crippen molar-refractivity contribution in [2.45, 2.75) is 6.92 Å². The third-order valence-electron chi connectivity index (χ3n) is 2.40. The summed E-state index contributed by atoms with van der Waals surface area (Å²) in [5, 5.41) is 0. The van der Waals surface area contributed by atoms with Gasteiger partial charge in [0, 0.05) is 22.4 Å². The van der Waals surface area contributed by atoms with E-state index in [1.165, 1.54) is 0 Å². The van der Waals surface area contributed by atoms with Gasteiger partial charge in [-0.05, 0) is 24.6 Å². The molecule has 0 unspecified atom stereocenters. The second-order valence-electron chi connectivity index (χ2n) is 3.34. The molecular formula is C12H11BrN2O. The molecule has 0 atom stereocenters. The summed E-state index contributed by atoms with van der Waals surface area (Å²) >= 11 is 3.50. The fraction of sp³-hybridized carbons (Fsp3) is 0.167. The largest absolute Gasteiger partial charge is 0.496 e. The number of nitrogens with zero attached hydrogens (tertiary/aromatic N) is 2. The minimum atomic E-state index is 0.807. The van der Waals surface area contributed by atoms with E-state index in [1.54, 1.807) is 25.7 Å². The molecule has 1 aromatic carbocycles. The molecule has 0 fully saturated rings. The first kappa shape index (κ1) is 11.1. The number of hydrogen-bond acceptors (Lipinski definition) is 3. The average Bonchev–Trinajstić information content (AvgIpc) is 2.33. The lowest BCUT2D eigenvalue weighted by atomic mass is 10.0. The molecule has 0 N–H and O–H groups in total. The molecule has 0 saturated carbocycles. The molecule has 0 aliphatic rings. The normalized spacial score (nSPS) is 10.2. The fourth-order valence-electron chi connectivity index (χ4n) is 1.58. The number of methoxy groups -OCH3 is 1. The van der Waals surface area contributed by atoms with E-state index in [1.807, 2.05) is 19.1 Å². The SMILES string of the molecule is COc1ccc(Br)c(C)c1-c1cnccn1. The van der Waals surface area contributed by atoms with E-state index < -0.39 is 0 Å². The smallest absolute Gasteiger partial charge is 0.128 e. The molecule has 0 radical (unpaired) electrons. The number of aromatic nitrogens is 2. The molecule has 2 rings (SSSR count). The zero-order chi connectivity index (χ0) is 11.5. The van der Waals surface area contributed by atoms with Crippen LogP contribution in [0.1, 0.15) is 5.56 Å². The van der Waals surface area contributed by atoms with Crippen molar-refractivity contribution in [3.63, 3.8) is 0 Å². The van der Waals surface area contributed by atoms with Crippen LogP contribution in [0.5, 0.6) is 5.75 Å². The van der Waals surface area contributed by atoms with Gasteiger partial charge >= 0.3 is 0 Å². The molecule has 0 aliphatic carbocycles. The molecule has 82 valence electrons. The fourth-order valence-corrected chi connectivity index (χ4v) is 1.91. The van der Waals surface area contributed by atoms with Crippen LogP contribution >= 0.6 is 15.9 Å². The predicted molar refractivity (Wildman–Crippen MR) is 66.5 cm³/mol. The van der Waals surface area contributed by atoms with E-state index in [9.17, 15) is 0 Å². The van der Waals surface area contributed by atoms with Crippen LogP contribution in [0.25, 0.3) is 11.3 Å². The Balaban J connectivity index is 2.67. The van der Waals surface area contributed by atoms with Gasteiger partial charge < -0.3 is 4.74 Å². The average molecular weight is 279 g/mol. The van der Waals surface area contributed by atoms with Gasteiger partial charge in [0.1, 0.15) is 5.75 Å². The quantitative estimate of drug-likeness (QED) is 0.846. The van der Waals surface area contributed by atoms with Crippen molar-refractivity contribution in [3.05, 3.63) is 40.8 Å². The second-order valence-corrected chi connectivity index (χ2v) is 4.19. The van der Waals surface area contributed by atoms with Crippen LogP contribution < -0.4 is 4.74 Å². The summed E-state index contributed by atoms with van der Waals surface area (Å²) in [6, 6.07) is 3.88. The Hall–Kier alpha value is -1.42. The summed E-state index contributed by atoms with van der Waals surface area (Å²) in [5.74, 6) is 0.807. The van der Waals surface area contributed by atoms with Crippen LogP contribution in [0, 0.1) is 6.92 Å². The van der Waals surface area contributed by atoms with Gasteiger partial charge in [0.2, 0.25) is 0 Å². The van der Waals surface area contributed by atoms with Crippen molar-refractivity contribution in [3.8, 4) is 17.0 Å². The van der Waals surface area contributed by atoms with Gasteiger partial charge in [-0.25, -0.2) is 0 Å². The Morgan fingerprint density at radius 1 is 1.25 bits per heavy atom. The lowest BCUT2D eigenvalue weighted by molar-refractivity contribution is 0.416. The minimum absolute atomic E-state index is 0.807. The Morgan fingerprint density at radius 2 is 2.06 bits per heavy atom. The van der Waals surface area contributed by atoms with E-state index in [-0.39, 0.29) is 0 Å². The maximum Gasteiger partial charge on any atom is 0.128 e. The van der Waals surface area contributed by atoms with Gasteiger partial charge in [0.25, 0.3) is 0 Å². The molecule has 0 bridgehead atoms. The molecule has 3 nitrogen and oxygen atoms in total.